The summed E-state index contributed by atoms with van der Waals surface area (Å²) < 4.78 is 5.05. The fourth-order valence-corrected chi connectivity index (χ4v) is 2.82. The van der Waals surface area contributed by atoms with Gasteiger partial charge < -0.3 is 25.2 Å². The molecule has 2 heterocycles. The van der Waals surface area contributed by atoms with Crippen molar-refractivity contribution in [3.05, 3.63) is 23.9 Å². The maximum absolute atomic E-state index is 12.1. The highest BCUT2D eigenvalue weighted by Gasteiger charge is 2.23. The van der Waals surface area contributed by atoms with E-state index in [0.29, 0.717) is 45.1 Å². The van der Waals surface area contributed by atoms with Crippen molar-refractivity contribution >= 4 is 23.8 Å². The second kappa shape index (κ2) is 11.1. The van der Waals surface area contributed by atoms with Gasteiger partial charge in [0.2, 0.25) is 5.91 Å². The van der Waals surface area contributed by atoms with Gasteiger partial charge in [0, 0.05) is 44.8 Å². The summed E-state index contributed by atoms with van der Waals surface area (Å²) in [6.45, 7) is 9.68. The van der Waals surface area contributed by atoms with Gasteiger partial charge in [-0.05, 0) is 32.9 Å². The number of ether oxygens (including phenoxy) is 1. The van der Waals surface area contributed by atoms with Crippen molar-refractivity contribution in [1.29, 1.82) is 0 Å². The number of aliphatic imine (C=N–C) groups is 1. The third-order valence-corrected chi connectivity index (χ3v) is 4.20. The molecule has 1 aromatic heterocycles. The average Bonchev–Trinajstić information content (AvgIpc) is 2.67. The van der Waals surface area contributed by atoms with Crippen molar-refractivity contribution in [1.82, 2.24) is 20.1 Å². The summed E-state index contributed by atoms with van der Waals surface area (Å²) in [4.78, 5) is 36.5. The molecule has 0 bridgehead atoms. The zero-order valence-corrected chi connectivity index (χ0v) is 16.9. The highest BCUT2D eigenvalue weighted by molar-refractivity contribution is 5.90. The molecule has 1 aromatic rings. The molecule has 0 spiro atoms. The molecular weight excluding hydrogens is 360 g/mol. The van der Waals surface area contributed by atoms with Crippen LogP contribution in [0.1, 0.15) is 26.0 Å². The van der Waals surface area contributed by atoms with Crippen LogP contribution in [-0.4, -0.2) is 78.6 Å². The Bertz CT molecular complexity index is 686. The number of carbonyl (C=O) groups excluding carboxylic acids is 2. The Morgan fingerprint density at radius 2 is 1.89 bits per heavy atom. The van der Waals surface area contributed by atoms with Crippen molar-refractivity contribution in [2.45, 2.75) is 27.2 Å². The second-order valence-corrected chi connectivity index (χ2v) is 6.37. The molecule has 1 saturated heterocycles. The van der Waals surface area contributed by atoms with Crippen LogP contribution in [0.5, 0.6) is 0 Å². The van der Waals surface area contributed by atoms with Gasteiger partial charge in [0.05, 0.1) is 13.2 Å². The minimum absolute atomic E-state index is 0.121. The monoisotopic (exact) mass is 390 g/mol. The van der Waals surface area contributed by atoms with Crippen molar-refractivity contribution in [3.8, 4) is 0 Å². The van der Waals surface area contributed by atoms with Crippen molar-refractivity contribution < 1.29 is 14.3 Å². The predicted octanol–water partition coefficient (Wildman–Crippen LogP) is 1.46. The number of pyridine rings is 1. The van der Waals surface area contributed by atoms with E-state index < -0.39 is 0 Å². The lowest BCUT2D eigenvalue weighted by Gasteiger charge is -2.35. The number of nitrogens with one attached hydrogen (secondary N) is 2. The lowest BCUT2D eigenvalue weighted by Crippen LogP contribution is -2.54. The molecule has 0 aliphatic carbocycles. The van der Waals surface area contributed by atoms with Crippen LogP contribution in [0.15, 0.2) is 23.2 Å². The summed E-state index contributed by atoms with van der Waals surface area (Å²) in [6, 6.07) is 5.50. The molecule has 9 nitrogen and oxygen atoms in total. The van der Waals surface area contributed by atoms with Gasteiger partial charge in [0.1, 0.15) is 5.82 Å². The molecule has 0 radical (unpaired) electrons. The zero-order valence-electron chi connectivity index (χ0n) is 16.9. The molecule has 1 aliphatic rings. The van der Waals surface area contributed by atoms with E-state index in [4.69, 9.17) is 4.74 Å². The molecule has 2 amide bonds. The molecule has 28 heavy (non-hydrogen) atoms. The van der Waals surface area contributed by atoms with Gasteiger partial charge in [-0.1, -0.05) is 6.07 Å². The zero-order chi connectivity index (χ0) is 20.4. The minimum Gasteiger partial charge on any atom is -0.450 e. The van der Waals surface area contributed by atoms with Gasteiger partial charge in [0.15, 0.2) is 5.96 Å². The molecule has 0 unspecified atom stereocenters. The number of anilines is 1. The minimum atomic E-state index is -0.273. The summed E-state index contributed by atoms with van der Waals surface area (Å²) in [5.74, 6) is 1.19. The Morgan fingerprint density at radius 1 is 1.18 bits per heavy atom. The lowest BCUT2D eigenvalue weighted by molar-refractivity contribution is -0.116. The van der Waals surface area contributed by atoms with Crippen LogP contribution >= 0.6 is 0 Å². The normalized spacial score (nSPS) is 14.6. The lowest BCUT2D eigenvalue weighted by atomic mass is 10.3. The number of hydrogen-bond acceptors (Lipinski definition) is 5. The molecule has 0 aromatic carbocycles. The topological polar surface area (TPSA) is 99.2 Å². The number of carbonyl (C=O) groups is 2. The van der Waals surface area contributed by atoms with Gasteiger partial charge in [-0.3, -0.25) is 9.79 Å². The Labute approximate surface area is 166 Å². The molecule has 9 heteroatoms. The number of hydrogen-bond donors (Lipinski definition) is 2. The largest absolute Gasteiger partial charge is 0.450 e. The number of rotatable bonds is 6. The van der Waals surface area contributed by atoms with E-state index in [9.17, 15) is 9.59 Å². The molecule has 0 saturated carbocycles. The SMILES string of the molecule is CCNC(=NCCC(=O)Nc1cccc(C)n1)N1CCN(C(=O)OCC)CC1. The first kappa shape index (κ1) is 21.5. The summed E-state index contributed by atoms with van der Waals surface area (Å²) in [6.07, 6.45) is -0.00153. The Hall–Kier alpha value is -2.84. The van der Waals surface area contributed by atoms with Crippen LogP contribution in [0, 0.1) is 6.92 Å². The highest BCUT2D eigenvalue weighted by Crippen LogP contribution is 2.06. The molecule has 0 atom stereocenters. The maximum atomic E-state index is 12.1. The number of piperazine rings is 1. The van der Waals surface area contributed by atoms with Gasteiger partial charge >= 0.3 is 6.09 Å². The molecule has 1 aliphatic heterocycles. The van der Waals surface area contributed by atoms with E-state index in [1.165, 1.54) is 0 Å². The summed E-state index contributed by atoms with van der Waals surface area (Å²) >= 11 is 0. The summed E-state index contributed by atoms with van der Waals surface area (Å²) in [5.41, 5.74) is 0.854. The van der Waals surface area contributed by atoms with E-state index in [1.54, 1.807) is 17.9 Å². The Balaban J connectivity index is 1.83. The summed E-state index contributed by atoms with van der Waals surface area (Å²) in [5, 5.41) is 6.04. The number of aromatic nitrogens is 1. The van der Waals surface area contributed by atoms with Gasteiger partial charge in [-0.25, -0.2) is 9.78 Å². The van der Waals surface area contributed by atoms with Crippen LogP contribution < -0.4 is 10.6 Å². The summed E-state index contributed by atoms with van der Waals surface area (Å²) in [7, 11) is 0. The second-order valence-electron chi connectivity index (χ2n) is 6.37. The average molecular weight is 390 g/mol. The van der Waals surface area contributed by atoms with E-state index in [0.717, 1.165) is 18.2 Å². The quantitative estimate of drug-likeness (QED) is 0.564. The molecular formula is C19H30N6O3. The molecule has 2 rings (SSSR count). The van der Waals surface area contributed by atoms with E-state index >= 15 is 0 Å². The first-order chi connectivity index (χ1) is 13.5. The highest BCUT2D eigenvalue weighted by atomic mass is 16.6. The fraction of sp³-hybridized carbons (Fsp3) is 0.579. The van der Waals surface area contributed by atoms with Crippen LogP contribution in [0.25, 0.3) is 0 Å². The third-order valence-electron chi connectivity index (χ3n) is 4.20. The molecule has 154 valence electrons. The molecule has 1 fully saturated rings. The Kier molecular flexibility index (Phi) is 8.51. The predicted molar refractivity (Wildman–Crippen MR) is 108 cm³/mol. The van der Waals surface area contributed by atoms with E-state index in [1.807, 2.05) is 26.0 Å². The van der Waals surface area contributed by atoms with Crippen LogP contribution in [0.2, 0.25) is 0 Å². The number of guanidine groups is 1. The van der Waals surface area contributed by atoms with Crippen LogP contribution in [-0.2, 0) is 9.53 Å². The van der Waals surface area contributed by atoms with E-state index in [-0.39, 0.29) is 18.4 Å². The van der Waals surface area contributed by atoms with Gasteiger partial charge in [0.25, 0.3) is 0 Å². The fourth-order valence-electron chi connectivity index (χ4n) is 2.82. The van der Waals surface area contributed by atoms with Crippen LogP contribution in [0.3, 0.4) is 0 Å². The smallest absolute Gasteiger partial charge is 0.409 e. The maximum Gasteiger partial charge on any atom is 0.409 e. The third kappa shape index (κ3) is 6.71. The number of nitrogens with zero attached hydrogens (tertiary/aromatic N) is 4. The number of amides is 2. The van der Waals surface area contributed by atoms with Crippen molar-refractivity contribution in [3.63, 3.8) is 0 Å². The van der Waals surface area contributed by atoms with Gasteiger partial charge in [-0.2, -0.15) is 0 Å². The van der Waals surface area contributed by atoms with Crippen molar-refractivity contribution in [2.24, 2.45) is 4.99 Å². The number of aryl methyl sites for hydroxylation is 1. The molecule has 2 N–H and O–H groups in total. The van der Waals surface area contributed by atoms with E-state index in [2.05, 4.69) is 25.5 Å². The van der Waals surface area contributed by atoms with Crippen molar-refractivity contribution in [2.75, 3.05) is 51.2 Å². The first-order valence-corrected chi connectivity index (χ1v) is 9.72. The van der Waals surface area contributed by atoms with Crippen LogP contribution in [0.4, 0.5) is 10.6 Å². The van der Waals surface area contributed by atoms with Gasteiger partial charge in [-0.15, -0.1) is 0 Å². The standard InChI is InChI=1S/C19H30N6O3/c1-4-20-18(24-11-13-25(14-12-24)19(27)28-5-2)21-10-9-17(26)23-16-8-6-7-15(3)22-16/h6-8H,4-5,9-14H2,1-3H3,(H,20,21)(H,22,23,26). The first-order valence-electron chi connectivity index (χ1n) is 9.72. The Morgan fingerprint density at radius 3 is 2.54 bits per heavy atom.